The Hall–Kier alpha value is -2.15. The summed E-state index contributed by atoms with van der Waals surface area (Å²) in [6, 6.07) is 4.69. The summed E-state index contributed by atoms with van der Waals surface area (Å²) >= 11 is 1.95. The van der Waals surface area contributed by atoms with Crippen LogP contribution in [0.5, 0.6) is 0 Å². The van der Waals surface area contributed by atoms with Crippen molar-refractivity contribution < 1.29 is 23.0 Å². The SMILES string of the molecule is NO/N=C1/C([N+](=O)[O-])=C(N2CCCCC2)C=C(c2ccc(C(F)(F)F)cc2)C1I. The van der Waals surface area contributed by atoms with Crippen LogP contribution in [0, 0.1) is 10.1 Å². The van der Waals surface area contributed by atoms with E-state index in [2.05, 4.69) is 10.1 Å². The van der Waals surface area contributed by atoms with E-state index in [1.165, 1.54) is 12.1 Å². The van der Waals surface area contributed by atoms with Gasteiger partial charge in [0.05, 0.1) is 14.4 Å². The highest BCUT2D eigenvalue weighted by atomic mass is 127. The van der Waals surface area contributed by atoms with Crippen LogP contribution in [0.3, 0.4) is 0 Å². The second-order valence-corrected chi connectivity index (χ2v) is 7.90. The van der Waals surface area contributed by atoms with Gasteiger partial charge in [-0.1, -0.05) is 39.9 Å². The minimum Gasteiger partial charge on any atom is -0.366 e. The van der Waals surface area contributed by atoms with Crippen molar-refractivity contribution in [2.75, 3.05) is 13.1 Å². The van der Waals surface area contributed by atoms with Gasteiger partial charge in [0, 0.05) is 13.1 Å². The molecule has 1 unspecified atom stereocenters. The lowest BCUT2D eigenvalue weighted by Crippen LogP contribution is -2.36. The number of likely N-dealkylation sites (tertiary alicyclic amines) is 1. The number of benzene rings is 1. The van der Waals surface area contributed by atoms with E-state index in [0.717, 1.165) is 31.4 Å². The lowest BCUT2D eigenvalue weighted by Gasteiger charge is -2.32. The minimum atomic E-state index is -4.44. The molecule has 0 spiro atoms. The van der Waals surface area contributed by atoms with Crippen molar-refractivity contribution in [2.45, 2.75) is 29.4 Å². The van der Waals surface area contributed by atoms with Crippen molar-refractivity contribution in [1.82, 2.24) is 4.90 Å². The number of nitrogens with two attached hydrogens (primary N) is 1. The van der Waals surface area contributed by atoms with Crippen LogP contribution in [-0.2, 0) is 11.1 Å². The molecule has 3 rings (SSSR count). The lowest BCUT2D eigenvalue weighted by molar-refractivity contribution is -0.417. The molecule has 2 aliphatic rings. The van der Waals surface area contributed by atoms with Crippen molar-refractivity contribution in [3.05, 3.63) is 63.0 Å². The molecular weight excluding hydrogens is 504 g/mol. The molecule has 1 fully saturated rings. The zero-order chi connectivity index (χ0) is 21.2. The van der Waals surface area contributed by atoms with Crippen molar-refractivity contribution in [1.29, 1.82) is 0 Å². The molecule has 1 aliphatic heterocycles. The van der Waals surface area contributed by atoms with Crippen molar-refractivity contribution in [3.63, 3.8) is 0 Å². The molecule has 11 heteroatoms. The highest BCUT2D eigenvalue weighted by Crippen LogP contribution is 2.38. The van der Waals surface area contributed by atoms with Crippen LogP contribution in [0.1, 0.15) is 30.4 Å². The van der Waals surface area contributed by atoms with Gasteiger partial charge < -0.3 is 9.84 Å². The predicted octanol–water partition coefficient (Wildman–Crippen LogP) is 4.13. The molecule has 1 aliphatic carbocycles. The standard InChI is InChI=1S/C18H18F3IN4O3/c19-18(20,21)12-6-4-11(5-7-12)13-10-14(25-8-2-1-3-9-25)17(26(27)28)16(15(13)22)24-29-23/h4-7,10,15H,1-3,8-9,23H2/b24-16+. The number of rotatable bonds is 4. The second kappa shape index (κ2) is 8.69. The largest absolute Gasteiger partial charge is 0.416 e. The number of allylic oxidation sites excluding steroid dienone is 3. The van der Waals surface area contributed by atoms with Gasteiger partial charge in [0.15, 0.2) is 5.71 Å². The Balaban J connectivity index is 2.13. The Bertz CT molecular complexity index is 875. The molecule has 0 radical (unpaired) electrons. The fourth-order valence-corrected chi connectivity index (χ4v) is 4.43. The average molecular weight is 522 g/mol. The molecule has 2 N–H and O–H groups in total. The van der Waals surface area contributed by atoms with Crippen molar-refractivity contribution in [3.8, 4) is 0 Å². The third kappa shape index (κ3) is 4.55. The van der Waals surface area contributed by atoms with Gasteiger partial charge in [-0.3, -0.25) is 10.1 Å². The number of oxime groups is 1. The first-order chi connectivity index (χ1) is 13.7. The van der Waals surface area contributed by atoms with E-state index < -0.39 is 20.6 Å². The summed E-state index contributed by atoms with van der Waals surface area (Å²) in [6.45, 7) is 1.29. The summed E-state index contributed by atoms with van der Waals surface area (Å²) in [7, 11) is 0. The van der Waals surface area contributed by atoms with E-state index in [-0.39, 0.29) is 11.4 Å². The van der Waals surface area contributed by atoms with E-state index in [0.29, 0.717) is 29.9 Å². The molecular formula is C18H18F3IN4O3. The van der Waals surface area contributed by atoms with E-state index in [9.17, 15) is 23.3 Å². The van der Waals surface area contributed by atoms with Crippen LogP contribution in [0.15, 0.2) is 46.9 Å². The summed E-state index contributed by atoms with van der Waals surface area (Å²) in [6.07, 6.45) is 0.0469. The average Bonchev–Trinajstić information content (AvgIpc) is 2.69. The number of alkyl halides is 4. The van der Waals surface area contributed by atoms with Gasteiger partial charge in [-0.15, -0.1) is 5.90 Å². The zero-order valence-corrected chi connectivity index (χ0v) is 17.3. The maximum absolute atomic E-state index is 12.9. The van der Waals surface area contributed by atoms with E-state index >= 15 is 0 Å². The first-order valence-electron chi connectivity index (χ1n) is 8.85. The van der Waals surface area contributed by atoms with Crippen molar-refractivity contribution >= 4 is 33.9 Å². The fraction of sp³-hybridized carbons (Fsp3) is 0.389. The fourth-order valence-electron chi connectivity index (χ4n) is 3.48. The third-order valence-electron chi connectivity index (χ3n) is 4.87. The third-order valence-corrected chi connectivity index (χ3v) is 6.13. The van der Waals surface area contributed by atoms with Gasteiger partial charge in [-0.05, 0) is 48.6 Å². The molecule has 1 aromatic carbocycles. The Morgan fingerprint density at radius 2 is 1.83 bits per heavy atom. The van der Waals surface area contributed by atoms with Gasteiger partial charge >= 0.3 is 11.9 Å². The number of hydrogen-bond acceptors (Lipinski definition) is 6. The van der Waals surface area contributed by atoms with Gasteiger partial charge in [0.2, 0.25) is 0 Å². The minimum absolute atomic E-state index is 0.0241. The number of halogens is 4. The van der Waals surface area contributed by atoms with Crippen LogP contribution < -0.4 is 5.90 Å². The normalized spacial score (nSPS) is 22.0. The molecule has 29 heavy (non-hydrogen) atoms. The monoisotopic (exact) mass is 522 g/mol. The summed E-state index contributed by atoms with van der Waals surface area (Å²) in [4.78, 5) is 17.6. The predicted molar refractivity (Wildman–Crippen MR) is 109 cm³/mol. The Labute approximate surface area is 178 Å². The second-order valence-electron chi connectivity index (χ2n) is 6.66. The van der Waals surface area contributed by atoms with Crippen LogP contribution >= 0.6 is 22.6 Å². The van der Waals surface area contributed by atoms with Gasteiger partial charge in [-0.2, -0.15) is 13.2 Å². The Morgan fingerprint density at radius 1 is 1.21 bits per heavy atom. The van der Waals surface area contributed by atoms with E-state index in [1.54, 1.807) is 6.08 Å². The summed E-state index contributed by atoms with van der Waals surface area (Å²) < 4.78 is 38.1. The number of hydrogen-bond donors (Lipinski definition) is 1. The summed E-state index contributed by atoms with van der Waals surface area (Å²) in [5.74, 6) is 5.07. The number of nitro groups is 1. The first kappa shape index (κ1) is 21.6. The highest BCUT2D eigenvalue weighted by molar-refractivity contribution is 14.1. The molecule has 1 heterocycles. The Kier molecular flexibility index (Phi) is 6.46. The van der Waals surface area contributed by atoms with Crippen LogP contribution in [0.4, 0.5) is 13.2 Å². The molecule has 0 bridgehead atoms. The van der Waals surface area contributed by atoms with Crippen molar-refractivity contribution in [2.24, 2.45) is 11.1 Å². The van der Waals surface area contributed by atoms with E-state index in [4.69, 9.17) is 5.90 Å². The molecule has 0 saturated carbocycles. The molecule has 0 amide bonds. The maximum Gasteiger partial charge on any atom is 0.416 e. The molecule has 1 saturated heterocycles. The number of nitrogens with zero attached hydrogens (tertiary/aromatic N) is 3. The molecule has 1 atom stereocenters. The Morgan fingerprint density at radius 3 is 2.34 bits per heavy atom. The van der Waals surface area contributed by atoms with Gasteiger partial charge in [-0.25, -0.2) is 0 Å². The van der Waals surface area contributed by atoms with Gasteiger partial charge in [0.1, 0.15) is 5.70 Å². The van der Waals surface area contributed by atoms with Crippen LogP contribution in [-0.4, -0.2) is 32.5 Å². The zero-order valence-electron chi connectivity index (χ0n) is 15.2. The molecule has 0 aromatic heterocycles. The van der Waals surface area contributed by atoms with Gasteiger partial charge in [0.25, 0.3) is 0 Å². The highest BCUT2D eigenvalue weighted by Gasteiger charge is 2.39. The maximum atomic E-state index is 12.9. The molecule has 156 valence electrons. The smallest absolute Gasteiger partial charge is 0.366 e. The first-order valence-corrected chi connectivity index (χ1v) is 10.1. The van der Waals surface area contributed by atoms with Crippen LogP contribution in [0.25, 0.3) is 5.57 Å². The quantitative estimate of drug-likeness (QED) is 0.278. The topological polar surface area (TPSA) is 94.0 Å². The van der Waals surface area contributed by atoms with Crippen LogP contribution in [0.2, 0.25) is 0 Å². The molecule has 7 nitrogen and oxygen atoms in total. The lowest BCUT2D eigenvalue weighted by atomic mass is 9.91. The molecule has 1 aromatic rings. The summed E-state index contributed by atoms with van der Waals surface area (Å²) in [5.41, 5.74) is 0.539. The van der Waals surface area contributed by atoms with E-state index in [1.807, 2.05) is 27.5 Å². The number of piperidine rings is 1. The summed E-state index contributed by atoms with van der Waals surface area (Å²) in [5, 5.41) is 15.5.